The number of likely N-dealkylation sites (N-methyl/N-ethyl adjacent to an activating group) is 1. The summed E-state index contributed by atoms with van der Waals surface area (Å²) in [6, 6.07) is 15.5. The molecule has 0 saturated carbocycles. The zero-order valence-corrected chi connectivity index (χ0v) is 30.6. The van der Waals surface area contributed by atoms with Crippen LogP contribution >= 0.6 is 0 Å². The van der Waals surface area contributed by atoms with Gasteiger partial charge in [-0.1, -0.05) is 24.6 Å². The lowest BCUT2D eigenvalue weighted by Gasteiger charge is -2.35. The zero-order valence-electron chi connectivity index (χ0n) is 29.8. The predicted molar refractivity (Wildman–Crippen MR) is 193 cm³/mol. The standard InChI is InChI=1S/C37H48N4O9S/c1-24-9-13-30(14-10-24)51(45,46)40(5)21-35-25(2)20-41(26(3)22-42)36(43)31-18-28(11-15-32(31)50-27(4)8-6-7-17-47-35)38-37(44)39-29-12-16-33-34(19-29)49-23-48-33/h9-16,18-19,25-27,35,42H,6-8,17,20-23H2,1-5H3,(H2,38,39,44)/t25-,26+,27-,35-/m1/s1. The molecule has 276 valence electrons. The molecule has 0 unspecified atom stereocenters. The van der Waals surface area contributed by atoms with Crippen LogP contribution in [0.3, 0.4) is 0 Å². The Morgan fingerprint density at radius 3 is 2.35 bits per heavy atom. The van der Waals surface area contributed by atoms with Crippen molar-refractivity contribution in [3.63, 3.8) is 0 Å². The van der Waals surface area contributed by atoms with Gasteiger partial charge in [-0.2, -0.15) is 4.31 Å². The van der Waals surface area contributed by atoms with Crippen LogP contribution in [-0.2, 0) is 14.8 Å². The summed E-state index contributed by atoms with van der Waals surface area (Å²) in [4.78, 5) is 29.2. The van der Waals surface area contributed by atoms with Crippen LogP contribution in [-0.4, -0.2) is 93.1 Å². The number of carbonyl (C=O) groups is 2. The molecule has 0 saturated heterocycles. The smallest absolute Gasteiger partial charge is 0.323 e. The number of amides is 3. The lowest BCUT2D eigenvalue weighted by atomic mass is 10.0. The highest BCUT2D eigenvalue weighted by molar-refractivity contribution is 7.89. The van der Waals surface area contributed by atoms with Gasteiger partial charge in [0.15, 0.2) is 11.5 Å². The molecule has 0 fully saturated rings. The Morgan fingerprint density at radius 1 is 0.980 bits per heavy atom. The van der Waals surface area contributed by atoms with Crippen molar-refractivity contribution < 1.29 is 42.1 Å². The fraction of sp³-hybridized carbons (Fsp3) is 0.459. The topological polar surface area (TPSA) is 156 Å². The van der Waals surface area contributed by atoms with Gasteiger partial charge in [0.1, 0.15) is 5.75 Å². The SMILES string of the molecule is Cc1ccc(S(=O)(=O)N(C)C[C@H]2OCCCC[C@@H](C)Oc3ccc(NC(=O)Nc4ccc5c(c4)OCO5)cc3C(=O)N([C@@H](C)CO)C[C@H]2C)cc1. The molecule has 3 N–H and O–H groups in total. The van der Waals surface area contributed by atoms with Gasteiger partial charge in [0, 0.05) is 50.1 Å². The number of ether oxygens (including phenoxy) is 4. The number of hydrogen-bond donors (Lipinski definition) is 3. The van der Waals surface area contributed by atoms with Crippen molar-refractivity contribution in [2.45, 2.75) is 70.1 Å². The monoisotopic (exact) mass is 724 g/mol. The highest BCUT2D eigenvalue weighted by Gasteiger charge is 2.32. The number of fused-ring (bicyclic) bond motifs is 2. The molecule has 0 bridgehead atoms. The van der Waals surface area contributed by atoms with Crippen LogP contribution in [0.25, 0.3) is 0 Å². The summed E-state index contributed by atoms with van der Waals surface area (Å²) in [5.74, 6) is 0.717. The van der Waals surface area contributed by atoms with Gasteiger partial charge >= 0.3 is 6.03 Å². The van der Waals surface area contributed by atoms with Crippen molar-refractivity contribution in [1.29, 1.82) is 0 Å². The maximum Gasteiger partial charge on any atom is 0.323 e. The Kier molecular flexibility index (Phi) is 12.5. The number of aryl methyl sites for hydroxylation is 1. The zero-order chi connectivity index (χ0) is 36.7. The average Bonchev–Trinajstić information content (AvgIpc) is 3.57. The second kappa shape index (κ2) is 16.8. The first-order chi connectivity index (χ1) is 24.3. The van der Waals surface area contributed by atoms with Crippen molar-refractivity contribution in [2.24, 2.45) is 5.92 Å². The van der Waals surface area contributed by atoms with E-state index in [1.165, 1.54) is 11.4 Å². The number of anilines is 2. The third-order valence-electron chi connectivity index (χ3n) is 9.11. The van der Waals surface area contributed by atoms with Crippen molar-refractivity contribution >= 4 is 33.3 Å². The summed E-state index contributed by atoms with van der Waals surface area (Å²) in [6.45, 7) is 7.89. The Bertz CT molecular complexity index is 1790. The van der Waals surface area contributed by atoms with Crippen LogP contribution in [0, 0.1) is 12.8 Å². The molecule has 2 aliphatic rings. The van der Waals surface area contributed by atoms with E-state index in [4.69, 9.17) is 18.9 Å². The fourth-order valence-corrected chi connectivity index (χ4v) is 7.16. The number of rotatable bonds is 8. The molecule has 2 heterocycles. The third kappa shape index (κ3) is 9.50. The van der Waals surface area contributed by atoms with Crippen LogP contribution in [0.15, 0.2) is 65.6 Å². The molecule has 51 heavy (non-hydrogen) atoms. The number of aliphatic hydroxyl groups excluding tert-OH is 1. The van der Waals surface area contributed by atoms with Gasteiger partial charge in [-0.15, -0.1) is 0 Å². The van der Waals surface area contributed by atoms with E-state index in [-0.39, 0.29) is 49.0 Å². The molecular weight excluding hydrogens is 676 g/mol. The Morgan fingerprint density at radius 2 is 1.65 bits per heavy atom. The molecule has 13 nitrogen and oxygen atoms in total. The maximum absolute atomic E-state index is 14.4. The second-order valence-electron chi connectivity index (χ2n) is 13.3. The van der Waals surface area contributed by atoms with Crippen LogP contribution < -0.4 is 24.8 Å². The van der Waals surface area contributed by atoms with Gasteiger partial charge in [-0.25, -0.2) is 13.2 Å². The lowest BCUT2D eigenvalue weighted by Crippen LogP contribution is -2.48. The molecule has 3 amide bonds. The summed E-state index contributed by atoms with van der Waals surface area (Å²) < 4.78 is 51.6. The molecular formula is C37H48N4O9S. The summed E-state index contributed by atoms with van der Waals surface area (Å²) in [7, 11) is -2.27. The van der Waals surface area contributed by atoms with E-state index in [1.54, 1.807) is 72.5 Å². The lowest BCUT2D eigenvalue weighted by molar-refractivity contribution is -0.00834. The largest absolute Gasteiger partial charge is 0.490 e. The van der Waals surface area contributed by atoms with Crippen molar-refractivity contribution in [3.05, 3.63) is 71.8 Å². The molecule has 3 aromatic rings. The van der Waals surface area contributed by atoms with E-state index >= 15 is 0 Å². The molecule has 5 rings (SSSR count). The first-order valence-electron chi connectivity index (χ1n) is 17.2. The number of carbonyl (C=O) groups excluding carboxylic acids is 2. The van der Waals surface area contributed by atoms with E-state index < -0.39 is 34.1 Å². The Labute approximate surface area is 299 Å². The molecule has 4 atom stereocenters. The van der Waals surface area contributed by atoms with Crippen LogP contribution in [0.1, 0.15) is 56.0 Å². The highest BCUT2D eigenvalue weighted by Crippen LogP contribution is 2.34. The number of hydrogen-bond acceptors (Lipinski definition) is 9. The minimum Gasteiger partial charge on any atom is -0.490 e. The van der Waals surface area contributed by atoms with E-state index in [2.05, 4.69) is 10.6 Å². The van der Waals surface area contributed by atoms with Gasteiger partial charge in [-0.05, 0) is 82.5 Å². The molecule has 14 heteroatoms. The molecule has 2 aliphatic heterocycles. The minimum absolute atomic E-state index is 0.0650. The number of aliphatic hydroxyl groups is 1. The summed E-state index contributed by atoms with van der Waals surface area (Å²) in [6.07, 6.45) is 1.41. The van der Waals surface area contributed by atoms with E-state index in [0.29, 0.717) is 41.7 Å². The molecule has 0 aliphatic carbocycles. The molecule has 0 radical (unpaired) electrons. The molecule has 0 aromatic heterocycles. The average molecular weight is 725 g/mol. The fourth-order valence-electron chi connectivity index (χ4n) is 5.97. The van der Waals surface area contributed by atoms with Crippen LogP contribution in [0.2, 0.25) is 0 Å². The third-order valence-corrected chi connectivity index (χ3v) is 10.9. The van der Waals surface area contributed by atoms with Crippen LogP contribution in [0.5, 0.6) is 17.2 Å². The number of urea groups is 1. The van der Waals surface area contributed by atoms with Gasteiger partial charge in [-0.3, -0.25) is 4.79 Å². The maximum atomic E-state index is 14.4. The first-order valence-corrected chi connectivity index (χ1v) is 18.6. The normalized spacial score (nSPS) is 20.6. The number of benzene rings is 3. The van der Waals surface area contributed by atoms with Crippen molar-refractivity contribution in [2.75, 3.05) is 50.8 Å². The van der Waals surface area contributed by atoms with Gasteiger partial charge < -0.3 is 39.6 Å². The van der Waals surface area contributed by atoms with Gasteiger partial charge in [0.2, 0.25) is 16.8 Å². The minimum atomic E-state index is -3.80. The summed E-state index contributed by atoms with van der Waals surface area (Å²) in [5.41, 5.74) is 2.01. The quantitative estimate of drug-likeness (QED) is 0.274. The number of nitrogens with one attached hydrogen (secondary N) is 2. The Balaban J connectivity index is 1.39. The summed E-state index contributed by atoms with van der Waals surface area (Å²) in [5, 5.41) is 15.8. The molecule has 3 aromatic carbocycles. The second-order valence-corrected chi connectivity index (χ2v) is 15.3. The van der Waals surface area contributed by atoms with Gasteiger partial charge in [0.05, 0.1) is 35.3 Å². The van der Waals surface area contributed by atoms with E-state index in [1.807, 2.05) is 20.8 Å². The summed E-state index contributed by atoms with van der Waals surface area (Å²) >= 11 is 0. The number of nitrogens with zero attached hydrogens (tertiary/aromatic N) is 2. The first kappa shape index (κ1) is 37.9. The van der Waals surface area contributed by atoms with E-state index in [0.717, 1.165) is 18.4 Å². The van der Waals surface area contributed by atoms with Crippen molar-refractivity contribution in [1.82, 2.24) is 9.21 Å². The van der Waals surface area contributed by atoms with E-state index in [9.17, 15) is 23.1 Å². The predicted octanol–water partition coefficient (Wildman–Crippen LogP) is 5.48. The van der Waals surface area contributed by atoms with Crippen LogP contribution in [0.4, 0.5) is 16.2 Å². The number of sulfonamides is 1. The van der Waals surface area contributed by atoms with Gasteiger partial charge in [0.25, 0.3) is 5.91 Å². The molecule has 0 spiro atoms. The van der Waals surface area contributed by atoms with Crippen molar-refractivity contribution in [3.8, 4) is 17.2 Å². The highest BCUT2D eigenvalue weighted by atomic mass is 32.2. The Hall–Kier alpha value is -4.37.